The average molecular weight is 481 g/mol. The van der Waals surface area contributed by atoms with E-state index in [-0.39, 0.29) is 11.5 Å². The van der Waals surface area contributed by atoms with Crippen molar-refractivity contribution in [3.63, 3.8) is 0 Å². The summed E-state index contributed by atoms with van der Waals surface area (Å²) < 4.78 is 56.2. The van der Waals surface area contributed by atoms with Crippen molar-refractivity contribution in [1.82, 2.24) is 0 Å². The van der Waals surface area contributed by atoms with Gasteiger partial charge in [0.15, 0.2) is 11.6 Å². The fraction of sp³-hybridized carbons (Fsp3) is 0.419. The van der Waals surface area contributed by atoms with Gasteiger partial charge in [-0.2, -0.15) is 0 Å². The summed E-state index contributed by atoms with van der Waals surface area (Å²) in [7, 11) is 0. The molecule has 3 aromatic carbocycles. The maximum Gasteiger partial charge on any atom is 0.159 e. The number of aryl methyl sites for hydroxylation is 1. The average Bonchev–Trinajstić information content (AvgIpc) is 2.84. The molecule has 1 saturated carbocycles. The topological polar surface area (TPSA) is 0 Å². The highest BCUT2D eigenvalue weighted by molar-refractivity contribution is 5.83. The van der Waals surface area contributed by atoms with Crippen molar-refractivity contribution in [2.75, 3.05) is 0 Å². The summed E-state index contributed by atoms with van der Waals surface area (Å²) in [6, 6.07) is 11.1. The highest BCUT2D eigenvalue weighted by Gasteiger charge is 2.22. The van der Waals surface area contributed by atoms with E-state index < -0.39 is 23.3 Å². The molecule has 184 valence electrons. The van der Waals surface area contributed by atoms with Crippen LogP contribution in [0.2, 0.25) is 0 Å². The molecule has 0 bridgehead atoms. The van der Waals surface area contributed by atoms with Crippen LogP contribution in [0.4, 0.5) is 17.6 Å². The third kappa shape index (κ3) is 6.45. The summed E-state index contributed by atoms with van der Waals surface area (Å²) >= 11 is 0. The molecular formula is C31H32F4. The predicted octanol–water partition coefficient (Wildman–Crippen LogP) is 9.23. The summed E-state index contributed by atoms with van der Waals surface area (Å²) in [5.74, 6) is 3.46. The second-order valence-corrected chi connectivity index (χ2v) is 9.79. The van der Waals surface area contributed by atoms with E-state index in [1.807, 2.05) is 18.2 Å². The molecule has 1 aliphatic carbocycles. The fourth-order valence-corrected chi connectivity index (χ4v) is 5.08. The van der Waals surface area contributed by atoms with E-state index in [4.69, 9.17) is 0 Å². The molecule has 0 aromatic heterocycles. The number of hydrogen-bond donors (Lipinski definition) is 0. The first-order valence-electron chi connectivity index (χ1n) is 12.8. The van der Waals surface area contributed by atoms with E-state index in [1.54, 1.807) is 0 Å². The van der Waals surface area contributed by atoms with E-state index in [0.717, 1.165) is 50.5 Å². The van der Waals surface area contributed by atoms with Crippen LogP contribution in [0.1, 0.15) is 87.3 Å². The SMILES string of the molecule is CCCCCCCc1cc(F)c(C#CC2CCC(c3ccc4cc(F)c(F)cc4c3)CC2)c(F)c1. The molecular weight excluding hydrogens is 448 g/mol. The minimum Gasteiger partial charge on any atom is -0.206 e. The van der Waals surface area contributed by atoms with Crippen LogP contribution in [0, 0.1) is 41.0 Å². The number of rotatable bonds is 7. The van der Waals surface area contributed by atoms with Crippen LogP contribution < -0.4 is 0 Å². The van der Waals surface area contributed by atoms with Crippen LogP contribution in [-0.4, -0.2) is 0 Å². The monoisotopic (exact) mass is 480 g/mol. The zero-order valence-electron chi connectivity index (χ0n) is 20.3. The van der Waals surface area contributed by atoms with Crippen molar-refractivity contribution in [1.29, 1.82) is 0 Å². The van der Waals surface area contributed by atoms with Crippen LogP contribution in [0.15, 0.2) is 42.5 Å². The third-order valence-electron chi connectivity index (χ3n) is 7.17. The molecule has 1 aliphatic rings. The van der Waals surface area contributed by atoms with Crippen molar-refractivity contribution in [3.05, 3.63) is 82.4 Å². The Hall–Kier alpha value is -2.80. The third-order valence-corrected chi connectivity index (χ3v) is 7.17. The standard InChI is InChI=1S/C31H32F4/c1-2-3-4-5-6-7-22-16-28(32)27(29(33)17-22)15-10-21-8-11-23(12-9-21)24-13-14-25-19-30(34)31(35)20-26(25)18-24/h13-14,16-21,23H,2-9,11-12H2,1H3. The van der Waals surface area contributed by atoms with Gasteiger partial charge in [0.05, 0.1) is 5.56 Å². The summed E-state index contributed by atoms with van der Waals surface area (Å²) in [5, 5.41) is 1.37. The molecule has 4 heteroatoms. The molecule has 1 fully saturated rings. The van der Waals surface area contributed by atoms with Crippen LogP contribution in [-0.2, 0) is 6.42 Å². The molecule has 35 heavy (non-hydrogen) atoms. The number of halogens is 4. The maximum atomic E-state index is 14.6. The number of fused-ring (bicyclic) bond motifs is 1. The second-order valence-electron chi connectivity index (χ2n) is 9.79. The highest BCUT2D eigenvalue weighted by Crippen LogP contribution is 2.37. The summed E-state index contributed by atoms with van der Waals surface area (Å²) in [6.07, 6.45) is 9.71. The molecule has 0 radical (unpaired) electrons. The fourth-order valence-electron chi connectivity index (χ4n) is 5.08. The van der Waals surface area contributed by atoms with Gasteiger partial charge in [-0.25, -0.2) is 17.6 Å². The van der Waals surface area contributed by atoms with Gasteiger partial charge in [0.25, 0.3) is 0 Å². The van der Waals surface area contributed by atoms with Gasteiger partial charge < -0.3 is 0 Å². The summed E-state index contributed by atoms with van der Waals surface area (Å²) in [6.45, 7) is 2.16. The van der Waals surface area contributed by atoms with Crippen LogP contribution >= 0.6 is 0 Å². The molecule has 0 unspecified atom stereocenters. The Morgan fingerprint density at radius 3 is 2.06 bits per heavy atom. The predicted molar refractivity (Wildman–Crippen MR) is 134 cm³/mol. The molecule has 0 N–H and O–H groups in total. The van der Waals surface area contributed by atoms with Gasteiger partial charge in [-0.15, -0.1) is 0 Å². The van der Waals surface area contributed by atoms with Gasteiger partial charge in [0.2, 0.25) is 0 Å². The van der Waals surface area contributed by atoms with E-state index in [1.165, 1.54) is 37.1 Å². The first-order chi connectivity index (χ1) is 16.9. The van der Waals surface area contributed by atoms with Gasteiger partial charge in [0, 0.05) is 5.92 Å². The van der Waals surface area contributed by atoms with Gasteiger partial charge >= 0.3 is 0 Å². The minimum atomic E-state index is -0.840. The second kappa shape index (κ2) is 11.8. The Kier molecular flexibility index (Phi) is 8.50. The van der Waals surface area contributed by atoms with Gasteiger partial charge in [-0.3, -0.25) is 0 Å². The smallest absolute Gasteiger partial charge is 0.159 e. The Labute approximate surface area is 205 Å². The van der Waals surface area contributed by atoms with Gasteiger partial charge in [0.1, 0.15) is 11.6 Å². The number of benzene rings is 3. The lowest BCUT2D eigenvalue weighted by atomic mass is 9.78. The van der Waals surface area contributed by atoms with Crippen LogP contribution in [0.3, 0.4) is 0 Å². The lowest BCUT2D eigenvalue weighted by molar-refractivity contribution is 0.385. The van der Waals surface area contributed by atoms with Crippen LogP contribution in [0.5, 0.6) is 0 Å². The maximum absolute atomic E-state index is 14.6. The molecule has 0 nitrogen and oxygen atoms in total. The molecule has 3 aromatic rings. The first-order valence-corrected chi connectivity index (χ1v) is 12.8. The van der Waals surface area contributed by atoms with Gasteiger partial charge in [-0.05, 0) is 90.6 Å². The zero-order valence-corrected chi connectivity index (χ0v) is 20.3. The molecule has 4 rings (SSSR count). The van der Waals surface area contributed by atoms with E-state index in [0.29, 0.717) is 28.7 Å². The Balaban J connectivity index is 1.35. The number of unbranched alkanes of at least 4 members (excludes halogenated alkanes) is 4. The lowest BCUT2D eigenvalue weighted by Gasteiger charge is -2.26. The number of hydrogen-bond acceptors (Lipinski definition) is 0. The highest BCUT2D eigenvalue weighted by atomic mass is 19.2. The van der Waals surface area contributed by atoms with Crippen molar-refractivity contribution in [2.45, 2.75) is 77.0 Å². The molecule has 0 spiro atoms. The van der Waals surface area contributed by atoms with E-state index in [9.17, 15) is 17.6 Å². The summed E-state index contributed by atoms with van der Waals surface area (Å²) in [4.78, 5) is 0. The first kappa shape index (κ1) is 25.3. The van der Waals surface area contributed by atoms with Crippen LogP contribution in [0.25, 0.3) is 10.8 Å². The lowest BCUT2D eigenvalue weighted by Crippen LogP contribution is -2.12. The Morgan fingerprint density at radius 1 is 0.714 bits per heavy atom. The van der Waals surface area contributed by atoms with E-state index in [2.05, 4.69) is 18.8 Å². The largest absolute Gasteiger partial charge is 0.206 e. The van der Waals surface area contributed by atoms with Crippen molar-refractivity contribution < 1.29 is 17.6 Å². The van der Waals surface area contributed by atoms with Gasteiger partial charge in [-0.1, -0.05) is 62.6 Å². The normalized spacial score (nSPS) is 17.9. The quantitative estimate of drug-likeness (QED) is 0.180. The van der Waals surface area contributed by atoms with Crippen molar-refractivity contribution in [3.8, 4) is 11.8 Å². The molecule has 0 amide bonds. The molecule has 0 heterocycles. The summed E-state index contributed by atoms with van der Waals surface area (Å²) in [5.41, 5.74) is 1.67. The molecule has 0 atom stereocenters. The Bertz CT molecular complexity index is 1200. The van der Waals surface area contributed by atoms with E-state index >= 15 is 0 Å². The minimum absolute atomic E-state index is 0.0929. The molecule has 0 saturated heterocycles. The van der Waals surface area contributed by atoms with Crippen molar-refractivity contribution >= 4 is 10.8 Å². The molecule has 0 aliphatic heterocycles. The van der Waals surface area contributed by atoms with Crippen molar-refractivity contribution in [2.24, 2.45) is 5.92 Å². The zero-order chi connectivity index (χ0) is 24.8. The Morgan fingerprint density at radius 2 is 1.37 bits per heavy atom.